The molecular weight excluding hydrogens is 275 g/mol. The van der Waals surface area contributed by atoms with Crippen LogP contribution in [0, 0.1) is 5.82 Å². The van der Waals surface area contributed by atoms with Crippen LogP contribution in [0.3, 0.4) is 0 Å². The van der Waals surface area contributed by atoms with Gasteiger partial charge in [-0.2, -0.15) is 11.8 Å². The van der Waals surface area contributed by atoms with Crippen molar-refractivity contribution >= 4 is 17.7 Å². The molecule has 1 aliphatic rings. The minimum absolute atomic E-state index is 0.139. The van der Waals surface area contributed by atoms with Crippen molar-refractivity contribution in [1.82, 2.24) is 9.88 Å². The van der Waals surface area contributed by atoms with Gasteiger partial charge in [-0.1, -0.05) is 6.42 Å². The van der Waals surface area contributed by atoms with Crippen molar-refractivity contribution in [1.29, 1.82) is 0 Å². The van der Waals surface area contributed by atoms with Gasteiger partial charge in [0.25, 0.3) is 0 Å². The number of carbonyl (C=O) groups excluding carboxylic acids is 1. The topological polar surface area (TPSA) is 33.2 Å². The van der Waals surface area contributed by atoms with Crippen LogP contribution in [-0.2, 0) is 11.2 Å². The lowest BCUT2D eigenvalue weighted by atomic mass is 10.1. The molecule has 5 heteroatoms. The second-order valence-electron chi connectivity index (χ2n) is 5.29. The first-order valence-electron chi connectivity index (χ1n) is 6.99. The van der Waals surface area contributed by atoms with Gasteiger partial charge in [-0.3, -0.25) is 9.78 Å². The average molecular weight is 296 g/mol. The highest BCUT2D eigenvalue weighted by Gasteiger charge is 2.31. The summed E-state index contributed by atoms with van der Waals surface area (Å²) in [7, 11) is 1.89. The van der Waals surface area contributed by atoms with Crippen LogP contribution in [0.5, 0.6) is 0 Å². The number of halogens is 1. The Bertz CT molecular complexity index is 469. The van der Waals surface area contributed by atoms with E-state index in [9.17, 15) is 9.18 Å². The molecule has 0 unspecified atom stereocenters. The zero-order valence-electron chi connectivity index (χ0n) is 12.0. The lowest BCUT2D eigenvalue weighted by Gasteiger charge is -2.29. The molecule has 1 aromatic rings. The number of aryl methyl sites for hydroxylation is 1. The molecule has 0 radical (unpaired) electrons. The summed E-state index contributed by atoms with van der Waals surface area (Å²) >= 11 is 1.85. The summed E-state index contributed by atoms with van der Waals surface area (Å²) in [6.07, 6.45) is 9.35. The summed E-state index contributed by atoms with van der Waals surface area (Å²) in [5, 5.41) is 0.555. The number of rotatable bonds is 5. The molecule has 1 aromatic heterocycles. The van der Waals surface area contributed by atoms with Gasteiger partial charge in [0, 0.05) is 31.0 Å². The Labute approximate surface area is 124 Å². The average Bonchev–Trinajstić information content (AvgIpc) is 2.92. The number of carbonyl (C=O) groups is 1. The molecule has 1 amide bonds. The molecule has 110 valence electrons. The molecule has 0 aromatic carbocycles. The van der Waals surface area contributed by atoms with Crippen molar-refractivity contribution in [3.8, 4) is 0 Å². The predicted octanol–water partition coefficient (Wildman–Crippen LogP) is 2.90. The van der Waals surface area contributed by atoms with E-state index in [1.54, 1.807) is 6.20 Å². The van der Waals surface area contributed by atoms with Crippen LogP contribution >= 0.6 is 11.8 Å². The van der Waals surface area contributed by atoms with Crippen molar-refractivity contribution < 1.29 is 9.18 Å². The molecule has 20 heavy (non-hydrogen) atoms. The zero-order chi connectivity index (χ0) is 14.5. The van der Waals surface area contributed by atoms with Crippen LogP contribution in [-0.4, -0.2) is 40.4 Å². The zero-order valence-corrected chi connectivity index (χ0v) is 12.8. The largest absolute Gasteiger partial charge is 0.342 e. The molecule has 3 nitrogen and oxygen atoms in total. The highest BCUT2D eigenvalue weighted by Crippen LogP contribution is 2.31. The molecule has 2 rings (SSSR count). The van der Waals surface area contributed by atoms with E-state index in [0.717, 1.165) is 12.0 Å². The maximum atomic E-state index is 13.0. The normalized spacial score (nSPS) is 21.9. The first kappa shape index (κ1) is 15.3. The molecule has 0 aliphatic heterocycles. The van der Waals surface area contributed by atoms with E-state index in [2.05, 4.69) is 11.2 Å². The molecule has 1 heterocycles. The third-order valence-corrected chi connectivity index (χ3v) is 5.16. The molecule has 0 spiro atoms. The van der Waals surface area contributed by atoms with Crippen LogP contribution < -0.4 is 0 Å². The Morgan fingerprint density at radius 2 is 2.30 bits per heavy atom. The van der Waals surface area contributed by atoms with E-state index < -0.39 is 0 Å². The Morgan fingerprint density at radius 3 is 3.00 bits per heavy atom. The molecule has 1 fully saturated rings. The Kier molecular flexibility index (Phi) is 5.40. The van der Waals surface area contributed by atoms with Crippen molar-refractivity contribution in [3.05, 3.63) is 29.8 Å². The van der Waals surface area contributed by atoms with Crippen LogP contribution in [0.1, 0.15) is 31.2 Å². The highest BCUT2D eigenvalue weighted by molar-refractivity contribution is 7.99. The molecule has 1 saturated carbocycles. The fraction of sp³-hybridized carbons (Fsp3) is 0.600. The third kappa shape index (κ3) is 3.72. The molecule has 0 saturated heterocycles. The number of nitrogens with zero attached hydrogens (tertiary/aromatic N) is 2. The number of thioether (sulfide) groups is 1. The van der Waals surface area contributed by atoms with E-state index in [0.29, 0.717) is 24.1 Å². The van der Waals surface area contributed by atoms with Gasteiger partial charge in [0.15, 0.2) is 0 Å². The van der Waals surface area contributed by atoms with E-state index in [-0.39, 0.29) is 11.7 Å². The monoisotopic (exact) mass is 296 g/mol. The number of amides is 1. The predicted molar refractivity (Wildman–Crippen MR) is 80.2 cm³/mol. The van der Waals surface area contributed by atoms with E-state index in [4.69, 9.17) is 0 Å². The van der Waals surface area contributed by atoms with Gasteiger partial charge in [-0.25, -0.2) is 4.39 Å². The van der Waals surface area contributed by atoms with Crippen molar-refractivity contribution in [2.75, 3.05) is 13.3 Å². The standard InChI is InChI=1S/C15H21FN2OS/c1-18(13-4-3-5-14(13)20-2)15(19)7-6-11-8-12(16)10-17-9-11/h8-10,13-14H,3-7H2,1-2H3/t13-,14+/m0/s1. The summed E-state index contributed by atoms with van der Waals surface area (Å²) < 4.78 is 13.0. The van der Waals surface area contributed by atoms with Gasteiger partial charge >= 0.3 is 0 Å². The van der Waals surface area contributed by atoms with Gasteiger partial charge in [0.1, 0.15) is 5.82 Å². The van der Waals surface area contributed by atoms with E-state index >= 15 is 0 Å². The smallest absolute Gasteiger partial charge is 0.222 e. The fourth-order valence-corrected chi connectivity index (χ4v) is 3.86. The summed E-state index contributed by atoms with van der Waals surface area (Å²) in [6.45, 7) is 0. The molecule has 1 aliphatic carbocycles. The number of aromatic nitrogens is 1. The minimum Gasteiger partial charge on any atom is -0.342 e. The number of pyridine rings is 1. The fourth-order valence-electron chi connectivity index (χ4n) is 2.83. The van der Waals surface area contributed by atoms with Gasteiger partial charge in [-0.05, 0) is 37.1 Å². The van der Waals surface area contributed by atoms with Crippen LogP contribution in [0.4, 0.5) is 4.39 Å². The highest BCUT2D eigenvalue weighted by atomic mass is 32.2. The van der Waals surface area contributed by atoms with Gasteiger partial charge in [0.2, 0.25) is 5.91 Å². The Morgan fingerprint density at radius 1 is 1.50 bits per heavy atom. The summed E-state index contributed by atoms with van der Waals surface area (Å²) in [5.41, 5.74) is 0.777. The minimum atomic E-state index is -0.346. The van der Waals surface area contributed by atoms with Crippen molar-refractivity contribution in [2.45, 2.75) is 43.4 Å². The summed E-state index contributed by atoms with van der Waals surface area (Å²) in [5.74, 6) is -0.207. The molecule has 2 atom stereocenters. The second-order valence-corrected chi connectivity index (χ2v) is 6.37. The molecule has 0 bridgehead atoms. The van der Waals surface area contributed by atoms with Crippen molar-refractivity contribution in [3.63, 3.8) is 0 Å². The van der Waals surface area contributed by atoms with E-state index in [1.165, 1.54) is 25.1 Å². The lowest BCUT2D eigenvalue weighted by Crippen LogP contribution is -2.40. The maximum absolute atomic E-state index is 13.0. The lowest BCUT2D eigenvalue weighted by molar-refractivity contribution is -0.131. The van der Waals surface area contributed by atoms with Gasteiger partial charge < -0.3 is 4.90 Å². The number of hydrogen-bond acceptors (Lipinski definition) is 3. The SMILES string of the molecule is CS[C@@H]1CCC[C@@H]1N(C)C(=O)CCc1cncc(F)c1. The van der Waals surface area contributed by atoms with E-state index in [1.807, 2.05) is 23.7 Å². The number of hydrogen-bond donors (Lipinski definition) is 0. The third-order valence-electron chi connectivity index (χ3n) is 4.00. The summed E-state index contributed by atoms with van der Waals surface area (Å²) in [6, 6.07) is 1.80. The van der Waals surface area contributed by atoms with Gasteiger partial charge in [0.05, 0.1) is 6.20 Å². The Balaban J connectivity index is 1.88. The van der Waals surface area contributed by atoms with Crippen LogP contribution in [0.25, 0.3) is 0 Å². The maximum Gasteiger partial charge on any atom is 0.222 e. The molecule has 0 N–H and O–H groups in total. The quantitative estimate of drug-likeness (QED) is 0.837. The Hall–Kier alpha value is -1.10. The summed E-state index contributed by atoms with van der Waals surface area (Å²) in [4.78, 5) is 17.9. The first-order chi connectivity index (χ1) is 9.61. The van der Waals surface area contributed by atoms with Crippen LogP contribution in [0.2, 0.25) is 0 Å². The van der Waals surface area contributed by atoms with Crippen LogP contribution in [0.15, 0.2) is 18.5 Å². The van der Waals surface area contributed by atoms with Crippen molar-refractivity contribution in [2.24, 2.45) is 0 Å². The second kappa shape index (κ2) is 7.07. The van der Waals surface area contributed by atoms with Gasteiger partial charge in [-0.15, -0.1) is 0 Å². The molecular formula is C15H21FN2OS. The first-order valence-corrected chi connectivity index (χ1v) is 8.28.